The van der Waals surface area contributed by atoms with Crippen molar-refractivity contribution in [3.05, 3.63) is 0 Å². The zero-order valence-electron chi connectivity index (χ0n) is 13.1. The number of likely N-dealkylation sites (tertiary alicyclic amines) is 1. The molecule has 108 valence electrons. The Bertz CT molecular complexity index is 260. The second-order valence-electron chi connectivity index (χ2n) is 7.60. The summed E-state index contributed by atoms with van der Waals surface area (Å²) in [5, 5.41) is 13.1. The molecule has 0 spiro atoms. The van der Waals surface area contributed by atoms with Crippen LogP contribution in [0.3, 0.4) is 0 Å². The highest BCUT2D eigenvalue weighted by atomic mass is 16.3. The molecule has 3 heteroatoms. The molecule has 0 amide bonds. The van der Waals surface area contributed by atoms with Gasteiger partial charge in [-0.25, -0.2) is 0 Å². The lowest BCUT2D eigenvalue weighted by Gasteiger charge is -2.35. The number of nitrogens with zero attached hydrogens (tertiary/aromatic N) is 1. The molecule has 18 heavy (non-hydrogen) atoms. The van der Waals surface area contributed by atoms with E-state index in [1.807, 2.05) is 0 Å². The van der Waals surface area contributed by atoms with Crippen molar-refractivity contribution >= 4 is 0 Å². The monoisotopic (exact) mass is 256 g/mol. The molecule has 1 heterocycles. The van der Waals surface area contributed by atoms with E-state index < -0.39 is 0 Å². The predicted octanol–water partition coefficient (Wildman–Crippen LogP) is 2.10. The number of nitrogens with one attached hydrogen (secondary N) is 1. The number of hydrogen-bond acceptors (Lipinski definition) is 3. The Morgan fingerprint density at radius 3 is 2.28 bits per heavy atom. The van der Waals surface area contributed by atoms with Gasteiger partial charge in [0.25, 0.3) is 0 Å². The van der Waals surface area contributed by atoms with Gasteiger partial charge in [0.15, 0.2) is 0 Å². The summed E-state index contributed by atoms with van der Waals surface area (Å²) in [7, 11) is 0. The average Bonchev–Trinajstić information content (AvgIpc) is 2.64. The lowest BCUT2D eigenvalue weighted by atomic mass is 9.80. The summed E-state index contributed by atoms with van der Waals surface area (Å²) in [5.41, 5.74) is 0.219. The minimum Gasteiger partial charge on any atom is -0.394 e. The minimum absolute atomic E-state index is 0.180. The molecule has 0 aromatic heterocycles. The molecule has 1 rings (SSSR count). The number of hydrogen-bond donors (Lipinski definition) is 2. The van der Waals surface area contributed by atoms with Crippen molar-refractivity contribution in [2.45, 2.75) is 59.5 Å². The molecule has 2 unspecified atom stereocenters. The van der Waals surface area contributed by atoms with Gasteiger partial charge in [-0.15, -0.1) is 0 Å². The molecule has 0 saturated carbocycles. The Morgan fingerprint density at radius 2 is 1.89 bits per heavy atom. The first-order chi connectivity index (χ1) is 8.16. The van der Waals surface area contributed by atoms with Gasteiger partial charge in [-0.2, -0.15) is 0 Å². The summed E-state index contributed by atoms with van der Waals surface area (Å²) in [5.74, 6) is 0.777. The zero-order valence-corrected chi connectivity index (χ0v) is 13.1. The Morgan fingerprint density at radius 1 is 1.28 bits per heavy atom. The van der Waals surface area contributed by atoms with E-state index in [1.165, 1.54) is 13.0 Å². The van der Waals surface area contributed by atoms with Gasteiger partial charge >= 0.3 is 0 Å². The van der Waals surface area contributed by atoms with Crippen molar-refractivity contribution in [3.8, 4) is 0 Å². The van der Waals surface area contributed by atoms with Gasteiger partial charge in [0, 0.05) is 19.1 Å². The maximum absolute atomic E-state index is 9.63. The van der Waals surface area contributed by atoms with Gasteiger partial charge in [0.05, 0.1) is 12.1 Å². The molecule has 1 saturated heterocycles. The van der Waals surface area contributed by atoms with Crippen LogP contribution in [-0.2, 0) is 0 Å². The third-order valence-corrected chi connectivity index (χ3v) is 4.06. The van der Waals surface area contributed by atoms with Gasteiger partial charge in [0.2, 0.25) is 0 Å². The molecule has 0 aromatic carbocycles. The lowest BCUT2D eigenvalue weighted by molar-refractivity contribution is 0.118. The van der Waals surface area contributed by atoms with Crippen LogP contribution in [0.2, 0.25) is 0 Å². The molecule has 2 atom stereocenters. The Labute approximate surface area is 113 Å². The van der Waals surface area contributed by atoms with Crippen molar-refractivity contribution in [2.75, 3.05) is 26.2 Å². The summed E-state index contributed by atoms with van der Waals surface area (Å²) in [4.78, 5) is 2.50. The predicted molar refractivity (Wildman–Crippen MR) is 77.8 cm³/mol. The molecule has 0 aromatic rings. The quantitative estimate of drug-likeness (QED) is 0.791. The van der Waals surface area contributed by atoms with Crippen LogP contribution in [0.5, 0.6) is 0 Å². The fourth-order valence-electron chi connectivity index (χ4n) is 3.01. The fourth-order valence-corrected chi connectivity index (χ4v) is 3.01. The third kappa shape index (κ3) is 4.52. The van der Waals surface area contributed by atoms with Crippen LogP contribution in [0, 0.1) is 11.3 Å². The first-order valence-corrected chi connectivity index (χ1v) is 7.27. The summed E-state index contributed by atoms with van der Waals surface area (Å²) in [6.07, 6.45) is 1.28. The van der Waals surface area contributed by atoms with Crippen LogP contribution in [0.25, 0.3) is 0 Å². The van der Waals surface area contributed by atoms with Crippen LogP contribution < -0.4 is 5.32 Å². The second kappa shape index (κ2) is 5.89. The largest absolute Gasteiger partial charge is 0.394 e. The smallest absolute Gasteiger partial charge is 0.0623 e. The minimum atomic E-state index is -0.180. The van der Waals surface area contributed by atoms with Crippen molar-refractivity contribution in [1.82, 2.24) is 10.2 Å². The van der Waals surface area contributed by atoms with Crippen LogP contribution in [0.15, 0.2) is 0 Å². The lowest BCUT2D eigenvalue weighted by Crippen LogP contribution is -2.56. The summed E-state index contributed by atoms with van der Waals surface area (Å²) >= 11 is 0. The Kier molecular flexibility index (Phi) is 5.22. The number of aliphatic hydroxyl groups is 1. The van der Waals surface area contributed by atoms with Crippen LogP contribution in [-0.4, -0.2) is 47.8 Å². The maximum Gasteiger partial charge on any atom is 0.0623 e. The van der Waals surface area contributed by atoms with Crippen molar-refractivity contribution < 1.29 is 5.11 Å². The van der Waals surface area contributed by atoms with Gasteiger partial charge in [0.1, 0.15) is 0 Å². The first kappa shape index (κ1) is 15.9. The SMILES string of the molecule is CC(C)NC(C)(CO)CN1CCC(C(C)(C)C)C1. The average molecular weight is 256 g/mol. The van der Waals surface area contributed by atoms with E-state index >= 15 is 0 Å². The van der Waals surface area contributed by atoms with E-state index in [-0.39, 0.29) is 12.1 Å². The second-order valence-corrected chi connectivity index (χ2v) is 7.60. The molecule has 1 aliphatic rings. The number of rotatable bonds is 5. The van der Waals surface area contributed by atoms with Crippen molar-refractivity contribution in [1.29, 1.82) is 0 Å². The molecule has 3 nitrogen and oxygen atoms in total. The molecular weight excluding hydrogens is 224 g/mol. The summed E-state index contributed by atoms with van der Waals surface area (Å²) in [6.45, 7) is 16.9. The molecule has 1 aliphatic heterocycles. The topological polar surface area (TPSA) is 35.5 Å². The Hall–Kier alpha value is -0.120. The third-order valence-electron chi connectivity index (χ3n) is 4.06. The highest BCUT2D eigenvalue weighted by molar-refractivity contribution is 4.92. The molecular formula is C15H32N2O. The van der Waals surface area contributed by atoms with Gasteiger partial charge < -0.3 is 15.3 Å². The normalized spacial score (nSPS) is 25.7. The molecule has 0 aliphatic carbocycles. The van der Waals surface area contributed by atoms with Gasteiger partial charge in [-0.05, 0) is 31.2 Å². The molecule has 0 bridgehead atoms. The van der Waals surface area contributed by atoms with Gasteiger partial charge in [-0.3, -0.25) is 0 Å². The summed E-state index contributed by atoms with van der Waals surface area (Å²) < 4.78 is 0. The van der Waals surface area contributed by atoms with E-state index in [2.05, 4.69) is 51.8 Å². The highest BCUT2D eigenvalue weighted by Crippen LogP contribution is 2.33. The fraction of sp³-hybridized carbons (Fsp3) is 1.00. The molecule has 1 fully saturated rings. The Balaban J connectivity index is 2.53. The van der Waals surface area contributed by atoms with E-state index in [0.717, 1.165) is 19.0 Å². The van der Waals surface area contributed by atoms with E-state index in [4.69, 9.17) is 0 Å². The van der Waals surface area contributed by atoms with Gasteiger partial charge in [-0.1, -0.05) is 34.6 Å². The molecule has 0 radical (unpaired) electrons. The maximum atomic E-state index is 9.63. The van der Waals surface area contributed by atoms with E-state index in [9.17, 15) is 5.11 Å². The first-order valence-electron chi connectivity index (χ1n) is 7.27. The van der Waals surface area contributed by atoms with Crippen molar-refractivity contribution in [3.63, 3.8) is 0 Å². The van der Waals surface area contributed by atoms with Crippen LogP contribution in [0.4, 0.5) is 0 Å². The van der Waals surface area contributed by atoms with E-state index in [0.29, 0.717) is 11.5 Å². The number of aliphatic hydroxyl groups excluding tert-OH is 1. The van der Waals surface area contributed by atoms with Crippen LogP contribution in [0.1, 0.15) is 48.0 Å². The van der Waals surface area contributed by atoms with Crippen molar-refractivity contribution in [2.24, 2.45) is 11.3 Å². The summed E-state index contributed by atoms with van der Waals surface area (Å²) in [6, 6.07) is 0.406. The van der Waals surface area contributed by atoms with Crippen LogP contribution >= 0.6 is 0 Å². The van der Waals surface area contributed by atoms with E-state index in [1.54, 1.807) is 0 Å². The molecule has 2 N–H and O–H groups in total. The zero-order chi connectivity index (χ0) is 14.0. The highest BCUT2D eigenvalue weighted by Gasteiger charge is 2.35. The standard InChI is InChI=1S/C15H32N2O/c1-12(2)16-15(6,11-18)10-17-8-7-13(9-17)14(3,4)5/h12-13,16,18H,7-11H2,1-6H3.